The zero-order valence-corrected chi connectivity index (χ0v) is 15.7. The number of piperidine rings is 1. The van der Waals surface area contributed by atoms with Gasteiger partial charge in [-0.2, -0.15) is 0 Å². The molecule has 1 atom stereocenters. The molecule has 1 fully saturated rings. The molecule has 1 saturated heterocycles. The van der Waals surface area contributed by atoms with Crippen LogP contribution in [0.5, 0.6) is 0 Å². The van der Waals surface area contributed by atoms with Gasteiger partial charge in [0, 0.05) is 10.3 Å². The van der Waals surface area contributed by atoms with Crippen LogP contribution in [-0.2, 0) is 4.75 Å². The molecule has 2 heterocycles. The second kappa shape index (κ2) is 6.58. The summed E-state index contributed by atoms with van der Waals surface area (Å²) in [7, 11) is 2.19. The van der Waals surface area contributed by atoms with Gasteiger partial charge in [-0.25, -0.2) is 4.39 Å². The van der Waals surface area contributed by atoms with Gasteiger partial charge in [-0.1, -0.05) is 42.5 Å². The first-order chi connectivity index (χ1) is 10.7. The molecule has 0 saturated carbocycles. The Morgan fingerprint density at radius 2 is 1.61 bits per heavy atom. The standard InChI is InChI=1S/C19H20FNS.BrH/c1-21-12-10-19(11-13-21)16-8-4-2-6-14(16)18(22-19)15-7-3-5-9-17(15)20;/h2-9,18H,10-13H2,1H3;1H. The molecule has 1 spiro atoms. The molecular formula is C19H21BrFNS. The summed E-state index contributed by atoms with van der Waals surface area (Å²) in [6.45, 7) is 2.23. The topological polar surface area (TPSA) is 3.24 Å². The Kier molecular flexibility index (Phi) is 4.86. The van der Waals surface area contributed by atoms with Crippen LogP contribution in [0, 0.1) is 5.82 Å². The highest BCUT2D eigenvalue weighted by Gasteiger charge is 2.46. The lowest BCUT2D eigenvalue weighted by molar-refractivity contribution is 0.241. The quantitative estimate of drug-likeness (QED) is 0.657. The van der Waals surface area contributed by atoms with Crippen molar-refractivity contribution in [2.45, 2.75) is 22.8 Å². The Labute approximate surface area is 152 Å². The number of likely N-dealkylation sites (tertiary alicyclic amines) is 1. The Bertz CT molecular complexity index is 697. The van der Waals surface area contributed by atoms with Crippen LogP contribution in [0.15, 0.2) is 48.5 Å². The van der Waals surface area contributed by atoms with Crippen LogP contribution < -0.4 is 0 Å². The molecule has 4 rings (SSSR count). The van der Waals surface area contributed by atoms with Crippen LogP contribution in [0.3, 0.4) is 0 Å². The predicted molar refractivity (Wildman–Crippen MR) is 101 cm³/mol. The highest BCUT2D eigenvalue weighted by molar-refractivity contribution is 8.93. The number of benzene rings is 2. The van der Waals surface area contributed by atoms with Gasteiger partial charge in [-0.3, -0.25) is 0 Å². The maximum absolute atomic E-state index is 14.3. The molecule has 0 aliphatic carbocycles. The first-order valence-corrected chi connectivity index (χ1v) is 8.78. The van der Waals surface area contributed by atoms with Crippen molar-refractivity contribution in [3.8, 4) is 0 Å². The molecule has 4 heteroatoms. The molecule has 2 aliphatic heterocycles. The fraction of sp³-hybridized carbons (Fsp3) is 0.368. The molecule has 1 nitrogen and oxygen atoms in total. The summed E-state index contributed by atoms with van der Waals surface area (Å²) >= 11 is 1.97. The van der Waals surface area contributed by atoms with Crippen LogP contribution >= 0.6 is 28.7 Å². The first-order valence-electron chi connectivity index (χ1n) is 7.90. The van der Waals surface area contributed by atoms with Crippen molar-refractivity contribution < 1.29 is 4.39 Å². The minimum atomic E-state index is -0.0835. The van der Waals surface area contributed by atoms with Gasteiger partial charge >= 0.3 is 0 Å². The summed E-state index contributed by atoms with van der Waals surface area (Å²) < 4.78 is 14.5. The minimum Gasteiger partial charge on any atom is -0.306 e. The van der Waals surface area contributed by atoms with E-state index < -0.39 is 0 Å². The van der Waals surface area contributed by atoms with Gasteiger partial charge in [-0.15, -0.1) is 28.7 Å². The SMILES string of the molecule is Br.CN1CCC2(CC1)SC(c1ccccc1F)c1ccccc12. The smallest absolute Gasteiger partial charge is 0.127 e. The third kappa shape index (κ3) is 2.86. The minimum absolute atomic E-state index is 0. The first kappa shape index (κ1) is 17.0. The van der Waals surface area contributed by atoms with Gasteiger partial charge < -0.3 is 4.90 Å². The Morgan fingerprint density at radius 3 is 2.30 bits per heavy atom. The predicted octanol–water partition coefficient (Wildman–Crippen LogP) is 5.16. The number of fused-ring (bicyclic) bond motifs is 2. The molecule has 0 amide bonds. The maximum atomic E-state index is 14.3. The van der Waals surface area contributed by atoms with E-state index in [1.807, 2.05) is 23.9 Å². The lowest BCUT2D eigenvalue weighted by atomic mass is 9.84. The molecule has 122 valence electrons. The van der Waals surface area contributed by atoms with Gasteiger partial charge in [0.1, 0.15) is 5.82 Å². The van der Waals surface area contributed by atoms with E-state index in [9.17, 15) is 4.39 Å². The van der Waals surface area contributed by atoms with Crippen LogP contribution in [0.1, 0.15) is 34.8 Å². The van der Waals surface area contributed by atoms with Crippen molar-refractivity contribution in [2.75, 3.05) is 20.1 Å². The van der Waals surface area contributed by atoms with Gasteiger partial charge in [0.25, 0.3) is 0 Å². The molecule has 0 bridgehead atoms. The molecular weight excluding hydrogens is 373 g/mol. The lowest BCUT2D eigenvalue weighted by Crippen LogP contribution is -2.37. The Morgan fingerprint density at radius 1 is 1.00 bits per heavy atom. The summed E-state index contributed by atoms with van der Waals surface area (Å²) in [6, 6.07) is 15.9. The summed E-state index contributed by atoms with van der Waals surface area (Å²) in [5.41, 5.74) is 3.57. The van der Waals surface area contributed by atoms with E-state index in [0.29, 0.717) is 0 Å². The second-order valence-corrected chi connectivity index (χ2v) is 7.89. The van der Waals surface area contributed by atoms with Gasteiger partial charge in [0.2, 0.25) is 0 Å². The van der Waals surface area contributed by atoms with Gasteiger partial charge in [-0.05, 0) is 50.2 Å². The summed E-state index contributed by atoms with van der Waals surface area (Å²) in [5.74, 6) is -0.0835. The summed E-state index contributed by atoms with van der Waals surface area (Å²) in [4.78, 5) is 2.39. The van der Waals surface area contributed by atoms with Crippen LogP contribution in [-0.4, -0.2) is 25.0 Å². The number of halogens is 2. The zero-order chi connectivity index (χ0) is 15.2. The molecule has 1 unspecified atom stereocenters. The fourth-order valence-electron chi connectivity index (χ4n) is 3.78. The number of thioether (sulfide) groups is 1. The highest BCUT2D eigenvalue weighted by Crippen LogP contribution is 2.61. The van der Waals surface area contributed by atoms with E-state index >= 15 is 0 Å². The van der Waals surface area contributed by atoms with Crippen molar-refractivity contribution >= 4 is 28.7 Å². The van der Waals surface area contributed by atoms with E-state index in [0.717, 1.165) is 31.5 Å². The summed E-state index contributed by atoms with van der Waals surface area (Å²) in [6.07, 6.45) is 2.30. The number of nitrogens with zero attached hydrogens (tertiary/aromatic N) is 1. The summed E-state index contributed by atoms with van der Waals surface area (Å²) in [5, 5.41) is 0.126. The number of rotatable bonds is 1. The molecule has 2 aliphatic rings. The normalized spacial score (nSPS) is 22.6. The van der Waals surface area contributed by atoms with Crippen molar-refractivity contribution in [3.63, 3.8) is 0 Å². The largest absolute Gasteiger partial charge is 0.306 e. The second-order valence-electron chi connectivity index (χ2n) is 6.40. The molecule has 0 N–H and O–H groups in total. The van der Waals surface area contributed by atoms with Crippen LogP contribution in [0.2, 0.25) is 0 Å². The highest BCUT2D eigenvalue weighted by atomic mass is 79.9. The van der Waals surface area contributed by atoms with Crippen molar-refractivity contribution in [3.05, 3.63) is 71.0 Å². The maximum Gasteiger partial charge on any atom is 0.127 e. The molecule has 2 aromatic carbocycles. The Hall–Kier alpha value is -0.840. The monoisotopic (exact) mass is 393 g/mol. The van der Waals surface area contributed by atoms with E-state index in [2.05, 4.69) is 36.2 Å². The lowest BCUT2D eigenvalue weighted by Gasteiger charge is -2.38. The van der Waals surface area contributed by atoms with Crippen LogP contribution in [0.4, 0.5) is 4.39 Å². The third-order valence-corrected chi connectivity index (χ3v) is 6.88. The molecule has 0 radical (unpaired) electrons. The molecule has 0 aromatic heterocycles. The van der Waals surface area contributed by atoms with Crippen molar-refractivity contribution in [1.82, 2.24) is 4.90 Å². The van der Waals surface area contributed by atoms with E-state index in [4.69, 9.17) is 0 Å². The average Bonchev–Trinajstić information content (AvgIpc) is 2.86. The zero-order valence-electron chi connectivity index (χ0n) is 13.2. The van der Waals surface area contributed by atoms with Gasteiger partial charge in [0.05, 0.1) is 5.25 Å². The number of hydrogen-bond acceptors (Lipinski definition) is 2. The fourth-order valence-corrected chi connectivity index (χ4v) is 5.61. The molecule has 23 heavy (non-hydrogen) atoms. The van der Waals surface area contributed by atoms with Gasteiger partial charge in [0.15, 0.2) is 0 Å². The molecule has 2 aromatic rings. The average molecular weight is 394 g/mol. The van der Waals surface area contributed by atoms with E-state index in [1.165, 1.54) is 11.1 Å². The van der Waals surface area contributed by atoms with Crippen molar-refractivity contribution in [2.24, 2.45) is 0 Å². The van der Waals surface area contributed by atoms with E-state index in [1.54, 1.807) is 12.1 Å². The Balaban J connectivity index is 0.00000156. The van der Waals surface area contributed by atoms with Crippen LogP contribution in [0.25, 0.3) is 0 Å². The van der Waals surface area contributed by atoms with E-state index in [-0.39, 0.29) is 32.8 Å². The third-order valence-electron chi connectivity index (χ3n) is 5.06. The number of hydrogen-bond donors (Lipinski definition) is 0. The van der Waals surface area contributed by atoms with Crippen molar-refractivity contribution in [1.29, 1.82) is 0 Å².